The summed E-state index contributed by atoms with van der Waals surface area (Å²) in [6, 6.07) is 8.63. The lowest BCUT2D eigenvalue weighted by Crippen LogP contribution is -2.15. The Morgan fingerprint density at radius 3 is 2.52 bits per heavy atom. The van der Waals surface area contributed by atoms with Gasteiger partial charge in [0.15, 0.2) is 0 Å². The first-order chi connectivity index (χ1) is 10.9. The number of benzene rings is 2. The topological polar surface area (TPSA) is 99.2 Å². The van der Waals surface area contributed by atoms with Crippen LogP contribution in [0.4, 0.5) is 20.2 Å². The molecule has 0 unspecified atom stereocenters. The number of aliphatic hydroxyl groups is 1. The molecule has 0 fully saturated rings. The molecule has 6 nitrogen and oxygen atoms in total. The Bertz CT molecular complexity index is 770. The predicted octanol–water partition coefficient (Wildman–Crippen LogP) is 2.89. The number of anilines is 1. The van der Waals surface area contributed by atoms with Crippen LogP contribution in [0, 0.1) is 33.1 Å². The molecule has 0 aliphatic carbocycles. The monoisotopic (exact) mass is 319 g/mol. The molecule has 8 heteroatoms. The number of nitrogens with one attached hydrogen (secondary N) is 1. The Labute approximate surface area is 129 Å². The lowest BCUT2D eigenvalue weighted by Gasteiger charge is -2.14. The van der Waals surface area contributed by atoms with Gasteiger partial charge in [-0.15, -0.1) is 0 Å². The van der Waals surface area contributed by atoms with Crippen molar-refractivity contribution < 1.29 is 18.8 Å². The van der Waals surface area contributed by atoms with Crippen LogP contribution in [0.5, 0.6) is 0 Å². The number of aliphatic hydroxyl groups excluding tert-OH is 1. The Balaban J connectivity index is 2.15. The minimum atomic E-state index is -1.46. The van der Waals surface area contributed by atoms with Gasteiger partial charge in [0.05, 0.1) is 10.5 Å². The maximum absolute atomic E-state index is 13.5. The van der Waals surface area contributed by atoms with Crippen LogP contribution in [-0.2, 0) is 0 Å². The van der Waals surface area contributed by atoms with Crippen molar-refractivity contribution in [2.45, 2.75) is 6.10 Å². The minimum absolute atomic E-state index is 0.161. The molecule has 0 amide bonds. The zero-order chi connectivity index (χ0) is 17.0. The van der Waals surface area contributed by atoms with Crippen molar-refractivity contribution in [3.63, 3.8) is 0 Å². The fourth-order valence-corrected chi connectivity index (χ4v) is 2.04. The van der Waals surface area contributed by atoms with E-state index in [-0.39, 0.29) is 17.8 Å². The second-order valence-corrected chi connectivity index (χ2v) is 4.63. The summed E-state index contributed by atoms with van der Waals surface area (Å²) >= 11 is 0. The van der Waals surface area contributed by atoms with Crippen LogP contribution in [0.25, 0.3) is 0 Å². The molecule has 2 aromatic carbocycles. The zero-order valence-electron chi connectivity index (χ0n) is 11.7. The van der Waals surface area contributed by atoms with Gasteiger partial charge in [-0.1, -0.05) is 6.07 Å². The summed E-state index contributed by atoms with van der Waals surface area (Å²) in [6.07, 6.45) is -1.46. The van der Waals surface area contributed by atoms with Crippen molar-refractivity contribution >= 4 is 11.4 Å². The average Bonchev–Trinajstić information content (AvgIpc) is 2.52. The van der Waals surface area contributed by atoms with Crippen molar-refractivity contribution in [2.75, 3.05) is 11.9 Å². The smallest absolute Gasteiger partial charge is 0.287 e. The number of nitriles is 1. The molecular formula is C15H11F2N3O3. The number of hydrogen-bond acceptors (Lipinski definition) is 5. The van der Waals surface area contributed by atoms with Gasteiger partial charge >= 0.3 is 0 Å². The SMILES string of the molecule is N#Cc1cc(NC[C@@H](O)c2c(F)cccc2F)ccc1[N+](=O)[O-]. The second-order valence-electron chi connectivity index (χ2n) is 4.63. The fraction of sp³-hybridized carbons (Fsp3) is 0.133. The maximum atomic E-state index is 13.5. The van der Waals surface area contributed by atoms with E-state index in [1.54, 1.807) is 6.07 Å². The molecule has 0 aromatic heterocycles. The van der Waals surface area contributed by atoms with E-state index < -0.39 is 28.2 Å². The molecular weight excluding hydrogens is 308 g/mol. The summed E-state index contributed by atoms with van der Waals surface area (Å²) in [5, 5.41) is 32.2. The van der Waals surface area contributed by atoms with Gasteiger partial charge in [0, 0.05) is 18.3 Å². The molecule has 0 heterocycles. The minimum Gasteiger partial charge on any atom is -0.386 e. The first-order valence-electron chi connectivity index (χ1n) is 6.48. The zero-order valence-corrected chi connectivity index (χ0v) is 11.7. The molecule has 0 aliphatic heterocycles. The molecule has 0 saturated carbocycles. The number of nitrogens with zero attached hydrogens (tertiary/aromatic N) is 2. The number of rotatable bonds is 5. The first-order valence-corrected chi connectivity index (χ1v) is 6.48. The lowest BCUT2D eigenvalue weighted by molar-refractivity contribution is -0.385. The second kappa shape index (κ2) is 6.81. The van der Waals surface area contributed by atoms with Crippen LogP contribution in [-0.4, -0.2) is 16.6 Å². The molecule has 118 valence electrons. The number of nitro groups is 1. The van der Waals surface area contributed by atoms with Crippen LogP contribution in [0.1, 0.15) is 17.2 Å². The highest BCUT2D eigenvalue weighted by molar-refractivity contribution is 5.58. The van der Waals surface area contributed by atoms with Gasteiger partial charge in [-0.3, -0.25) is 10.1 Å². The summed E-state index contributed by atoms with van der Waals surface area (Å²) in [7, 11) is 0. The Kier molecular flexibility index (Phi) is 4.83. The molecule has 0 spiro atoms. The Morgan fingerprint density at radius 1 is 1.30 bits per heavy atom. The molecule has 2 rings (SSSR count). The van der Waals surface area contributed by atoms with E-state index in [0.29, 0.717) is 5.69 Å². The predicted molar refractivity (Wildman–Crippen MR) is 77.6 cm³/mol. The molecule has 2 aromatic rings. The van der Waals surface area contributed by atoms with E-state index in [1.165, 1.54) is 18.2 Å². The highest BCUT2D eigenvalue weighted by Crippen LogP contribution is 2.24. The van der Waals surface area contributed by atoms with Gasteiger partial charge in [-0.25, -0.2) is 8.78 Å². The largest absolute Gasteiger partial charge is 0.386 e. The van der Waals surface area contributed by atoms with E-state index in [2.05, 4.69) is 5.32 Å². The number of hydrogen-bond donors (Lipinski definition) is 2. The maximum Gasteiger partial charge on any atom is 0.287 e. The molecule has 0 aliphatic rings. The Hall–Kier alpha value is -3.05. The highest BCUT2D eigenvalue weighted by atomic mass is 19.1. The van der Waals surface area contributed by atoms with Gasteiger partial charge in [0.25, 0.3) is 5.69 Å². The third-order valence-electron chi connectivity index (χ3n) is 3.15. The summed E-state index contributed by atoms with van der Waals surface area (Å²) in [4.78, 5) is 10.0. The van der Waals surface area contributed by atoms with Gasteiger partial charge < -0.3 is 10.4 Å². The molecule has 23 heavy (non-hydrogen) atoms. The van der Waals surface area contributed by atoms with Crippen LogP contribution >= 0.6 is 0 Å². The normalized spacial score (nSPS) is 11.6. The van der Waals surface area contributed by atoms with Crippen molar-refractivity contribution in [3.05, 3.63) is 69.3 Å². The van der Waals surface area contributed by atoms with Crippen molar-refractivity contribution in [1.82, 2.24) is 0 Å². The summed E-state index contributed by atoms with van der Waals surface area (Å²) < 4.78 is 27.1. The molecule has 0 bridgehead atoms. The quantitative estimate of drug-likeness (QED) is 0.652. The number of nitro benzene ring substituents is 1. The van der Waals surface area contributed by atoms with Gasteiger partial charge in [-0.05, 0) is 24.3 Å². The van der Waals surface area contributed by atoms with Crippen molar-refractivity contribution in [1.29, 1.82) is 5.26 Å². The van der Waals surface area contributed by atoms with E-state index >= 15 is 0 Å². The summed E-state index contributed by atoms with van der Waals surface area (Å²) in [5.41, 5.74) is -0.671. The van der Waals surface area contributed by atoms with E-state index in [9.17, 15) is 24.0 Å². The lowest BCUT2D eigenvalue weighted by atomic mass is 10.1. The van der Waals surface area contributed by atoms with Gasteiger partial charge in [-0.2, -0.15) is 5.26 Å². The third kappa shape index (κ3) is 3.59. The molecule has 2 N–H and O–H groups in total. The molecule has 0 saturated heterocycles. The van der Waals surface area contributed by atoms with Crippen LogP contribution in [0.15, 0.2) is 36.4 Å². The van der Waals surface area contributed by atoms with Crippen molar-refractivity contribution in [2.24, 2.45) is 0 Å². The fourth-order valence-electron chi connectivity index (χ4n) is 2.04. The molecule has 1 atom stereocenters. The van der Waals surface area contributed by atoms with Crippen LogP contribution < -0.4 is 5.32 Å². The molecule has 0 radical (unpaired) electrons. The van der Waals surface area contributed by atoms with Crippen molar-refractivity contribution in [3.8, 4) is 6.07 Å². The standard InChI is InChI=1S/C15H11F2N3O3/c16-11-2-1-3-12(17)15(11)14(21)8-19-10-4-5-13(20(22)23)9(6-10)7-18/h1-6,14,19,21H,8H2/t14-/m1/s1. The van der Waals surface area contributed by atoms with Crippen LogP contribution in [0.3, 0.4) is 0 Å². The van der Waals surface area contributed by atoms with Crippen LogP contribution in [0.2, 0.25) is 0 Å². The Morgan fingerprint density at radius 2 is 1.96 bits per heavy atom. The average molecular weight is 319 g/mol. The van der Waals surface area contributed by atoms with E-state index in [1.807, 2.05) is 0 Å². The third-order valence-corrected chi connectivity index (χ3v) is 3.15. The summed E-state index contributed by atoms with van der Waals surface area (Å²) in [5.74, 6) is -1.75. The number of halogens is 2. The van der Waals surface area contributed by atoms with Gasteiger partial charge in [0.1, 0.15) is 29.4 Å². The van der Waals surface area contributed by atoms with Gasteiger partial charge in [0.2, 0.25) is 0 Å². The first kappa shape index (κ1) is 16.3. The van der Waals surface area contributed by atoms with E-state index in [0.717, 1.165) is 18.2 Å². The highest BCUT2D eigenvalue weighted by Gasteiger charge is 2.18. The summed E-state index contributed by atoms with van der Waals surface area (Å²) in [6.45, 7) is -0.236. The van der Waals surface area contributed by atoms with E-state index in [4.69, 9.17) is 5.26 Å².